The number of hydrogen-bond donors (Lipinski definition) is 1. The second-order valence-electron chi connectivity index (χ2n) is 8.28. The van der Waals surface area contributed by atoms with Crippen molar-refractivity contribution in [3.8, 4) is 0 Å². The summed E-state index contributed by atoms with van der Waals surface area (Å²) in [4.78, 5) is 2.60. The summed E-state index contributed by atoms with van der Waals surface area (Å²) >= 11 is 0. The molecule has 2 heteroatoms. The van der Waals surface area contributed by atoms with Crippen molar-refractivity contribution in [3.63, 3.8) is 0 Å². The quantitative estimate of drug-likeness (QED) is 0.838. The first kappa shape index (κ1) is 16.1. The molecule has 0 bridgehead atoms. The number of hydrogen-bond acceptors (Lipinski definition) is 2. The zero-order valence-electron chi connectivity index (χ0n) is 15.5. The molecule has 1 saturated carbocycles. The van der Waals surface area contributed by atoms with E-state index < -0.39 is 0 Å². The molecule has 5 rings (SSSR count). The number of piperidine rings is 1. The highest BCUT2D eigenvalue weighted by Gasteiger charge is 2.54. The van der Waals surface area contributed by atoms with Crippen LogP contribution in [0.25, 0.3) is 10.8 Å². The van der Waals surface area contributed by atoms with Crippen LogP contribution in [0.2, 0.25) is 0 Å². The second-order valence-corrected chi connectivity index (χ2v) is 8.28. The topological polar surface area (TPSA) is 15.3 Å². The smallest absolute Gasteiger partial charge is 0.0322 e. The molecule has 2 nitrogen and oxygen atoms in total. The summed E-state index contributed by atoms with van der Waals surface area (Å²) in [6.07, 6.45) is 13.5. The summed E-state index contributed by atoms with van der Waals surface area (Å²) in [5.74, 6) is 0. The Morgan fingerprint density at radius 2 is 1.85 bits per heavy atom. The third-order valence-electron chi connectivity index (χ3n) is 6.66. The standard InChI is InChI=1S/C24H28N2/c1-2-8-22(9-3-1)26-14-12-24(13-15-26)17-23(24)25-18-19-10-11-20-6-4-5-7-21(20)16-19/h2,4-11,16,23,25H,1,3,12-15,17-18H2. The van der Waals surface area contributed by atoms with Gasteiger partial charge in [-0.05, 0) is 66.0 Å². The van der Waals surface area contributed by atoms with Gasteiger partial charge in [0.25, 0.3) is 0 Å². The summed E-state index contributed by atoms with van der Waals surface area (Å²) in [5, 5.41) is 6.52. The molecule has 2 fully saturated rings. The van der Waals surface area contributed by atoms with E-state index in [1.54, 1.807) is 0 Å². The highest BCUT2D eigenvalue weighted by molar-refractivity contribution is 5.82. The summed E-state index contributed by atoms with van der Waals surface area (Å²) in [5.41, 5.74) is 3.44. The van der Waals surface area contributed by atoms with E-state index in [9.17, 15) is 0 Å². The van der Waals surface area contributed by atoms with E-state index in [1.165, 1.54) is 67.2 Å². The van der Waals surface area contributed by atoms with E-state index in [-0.39, 0.29) is 0 Å². The van der Waals surface area contributed by atoms with Crippen molar-refractivity contribution in [2.45, 2.75) is 44.7 Å². The highest BCUT2D eigenvalue weighted by atomic mass is 15.2. The highest BCUT2D eigenvalue weighted by Crippen LogP contribution is 2.54. The Kier molecular flexibility index (Phi) is 4.09. The first-order chi connectivity index (χ1) is 12.8. The van der Waals surface area contributed by atoms with Gasteiger partial charge in [0.1, 0.15) is 0 Å². The largest absolute Gasteiger partial charge is 0.372 e. The van der Waals surface area contributed by atoms with Crippen molar-refractivity contribution in [2.24, 2.45) is 5.41 Å². The Morgan fingerprint density at radius 3 is 2.65 bits per heavy atom. The van der Waals surface area contributed by atoms with Gasteiger partial charge < -0.3 is 10.2 Å². The van der Waals surface area contributed by atoms with Gasteiger partial charge in [-0.15, -0.1) is 0 Å². The minimum Gasteiger partial charge on any atom is -0.372 e. The van der Waals surface area contributed by atoms with Gasteiger partial charge in [0, 0.05) is 31.4 Å². The Morgan fingerprint density at radius 1 is 1.00 bits per heavy atom. The fourth-order valence-electron chi connectivity index (χ4n) is 4.82. The third-order valence-corrected chi connectivity index (χ3v) is 6.66. The number of fused-ring (bicyclic) bond motifs is 1. The molecule has 0 radical (unpaired) electrons. The SMILES string of the molecule is C1=CC(N2CCC3(CC2)CC3NCc2ccc3ccccc3c2)=CCC1. The van der Waals surface area contributed by atoms with Crippen molar-refractivity contribution in [1.82, 2.24) is 10.2 Å². The first-order valence-corrected chi connectivity index (χ1v) is 10.2. The van der Waals surface area contributed by atoms with E-state index in [1.807, 2.05) is 0 Å². The molecule has 0 aromatic heterocycles. The van der Waals surface area contributed by atoms with Crippen molar-refractivity contribution < 1.29 is 0 Å². The molecule has 1 spiro atoms. The maximum atomic E-state index is 3.85. The van der Waals surface area contributed by atoms with Crippen LogP contribution in [-0.2, 0) is 6.54 Å². The summed E-state index contributed by atoms with van der Waals surface area (Å²) in [6, 6.07) is 16.2. The molecule has 1 aliphatic heterocycles. The minimum atomic E-state index is 0.576. The van der Waals surface area contributed by atoms with Gasteiger partial charge in [-0.1, -0.05) is 48.6 Å². The fourth-order valence-corrected chi connectivity index (χ4v) is 4.82. The lowest BCUT2D eigenvalue weighted by atomic mass is 9.91. The predicted molar refractivity (Wildman–Crippen MR) is 109 cm³/mol. The minimum absolute atomic E-state index is 0.576. The van der Waals surface area contributed by atoms with Crippen molar-refractivity contribution in [2.75, 3.05) is 13.1 Å². The molecule has 2 aromatic rings. The number of nitrogens with one attached hydrogen (secondary N) is 1. The lowest BCUT2D eigenvalue weighted by Gasteiger charge is -2.36. The maximum absolute atomic E-state index is 3.85. The number of nitrogens with zero attached hydrogens (tertiary/aromatic N) is 1. The van der Waals surface area contributed by atoms with Gasteiger partial charge in [0.05, 0.1) is 0 Å². The van der Waals surface area contributed by atoms with Crippen LogP contribution in [0.3, 0.4) is 0 Å². The zero-order chi connectivity index (χ0) is 17.4. The van der Waals surface area contributed by atoms with Crippen LogP contribution in [0.15, 0.2) is 66.4 Å². The average molecular weight is 345 g/mol. The van der Waals surface area contributed by atoms with E-state index in [4.69, 9.17) is 0 Å². The zero-order valence-corrected chi connectivity index (χ0v) is 15.5. The van der Waals surface area contributed by atoms with E-state index in [0.717, 1.165) is 6.54 Å². The van der Waals surface area contributed by atoms with Gasteiger partial charge in [-0.3, -0.25) is 0 Å². The normalized spacial score (nSPS) is 24.1. The molecule has 134 valence electrons. The molecule has 1 unspecified atom stereocenters. The number of allylic oxidation sites excluding steroid dienone is 3. The van der Waals surface area contributed by atoms with Crippen LogP contribution in [0.4, 0.5) is 0 Å². The van der Waals surface area contributed by atoms with Gasteiger partial charge in [-0.2, -0.15) is 0 Å². The van der Waals surface area contributed by atoms with E-state index in [2.05, 4.69) is 70.9 Å². The van der Waals surface area contributed by atoms with E-state index in [0.29, 0.717) is 11.5 Å². The predicted octanol–water partition coefficient (Wildman–Crippen LogP) is 5.02. The average Bonchev–Trinajstić information content (AvgIpc) is 3.39. The molecule has 1 atom stereocenters. The Bertz CT molecular complexity index is 855. The third kappa shape index (κ3) is 3.07. The lowest BCUT2D eigenvalue weighted by molar-refractivity contribution is 0.206. The second kappa shape index (κ2) is 6.59. The van der Waals surface area contributed by atoms with Crippen molar-refractivity contribution >= 4 is 10.8 Å². The van der Waals surface area contributed by atoms with E-state index >= 15 is 0 Å². The first-order valence-electron chi connectivity index (χ1n) is 10.2. The Hall–Kier alpha value is -2.06. The Balaban J connectivity index is 1.16. The Labute approximate surface area is 156 Å². The summed E-state index contributed by atoms with van der Waals surface area (Å²) < 4.78 is 0. The molecule has 26 heavy (non-hydrogen) atoms. The molecule has 3 aliphatic rings. The van der Waals surface area contributed by atoms with Crippen molar-refractivity contribution in [1.29, 1.82) is 0 Å². The lowest BCUT2D eigenvalue weighted by Crippen LogP contribution is -2.36. The molecule has 1 heterocycles. The molecule has 1 N–H and O–H groups in total. The van der Waals surface area contributed by atoms with Crippen LogP contribution in [0.1, 0.15) is 37.7 Å². The molecular formula is C24H28N2. The maximum Gasteiger partial charge on any atom is 0.0322 e. The molecule has 2 aliphatic carbocycles. The molecule has 0 amide bonds. The molecular weight excluding hydrogens is 316 g/mol. The van der Waals surface area contributed by atoms with Gasteiger partial charge in [0.2, 0.25) is 0 Å². The van der Waals surface area contributed by atoms with Crippen LogP contribution in [-0.4, -0.2) is 24.0 Å². The van der Waals surface area contributed by atoms with Gasteiger partial charge in [0.15, 0.2) is 0 Å². The molecule has 1 saturated heterocycles. The van der Waals surface area contributed by atoms with Crippen LogP contribution >= 0.6 is 0 Å². The van der Waals surface area contributed by atoms with Crippen LogP contribution in [0, 0.1) is 5.41 Å². The number of likely N-dealkylation sites (tertiary alicyclic amines) is 1. The summed E-state index contributed by atoms with van der Waals surface area (Å²) in [7, 11) is 0. The molecule has 2 aromatic carbocycles. The van der Waals surface area contributed by atoms with Crippen LogP contribution < -0.4 is 5.32 Å². The van der Waals surface area contributed by atoms with Crippen molar-refractivity contribution in [3.05, 3.63) is 72.0 Å². The van der Waals surface area contributed by atoms with Gasteiger partial charge >= 0.3 is 0 Å². The monoisotopic (exact) mass is 344 g/mol. The number of rotatable bonds is 4. The fraction of sp³-hybridized carbons (Fsp3) is 0.417. The van der Waals surface area contributed by atoms with Gasteiger partial charge in [-0.25, -0.2) is 0 Å². The number of benzene rings is 2. The van der Waals surface area contributed by atoms with Crippen LogP contribution in [0.5, 0.6) is 0 Å². The summed E-state index contributed by atoms with van der Waals surface area (Å²) in [6.45, 7) is 3.45.